The Morgan fingerprint density at radius 2 is 1.54 bits per heavy atom. The lowest BCUT2D eigenvalue weighted by Crippen LogP contribution is -2.59. The van der Waals surface area contributed by atoms with Crippen LogP contribution in [0.2, 0.25) is 0 Å². The number of amides is 4. The fraction of sp³-hybridized carbons (Fsp3) is 0.395. The van der Waals surface area contributed by atoms with E-state index in [2.05, 4.69) is 62.0 Å². The lowest BCUT2D eigenvalue weighted by molar-refractivity contribution is -0.146. The lowest BCUT2D eigenvalue weighted by Gasteiger charge is -2.33. The molecule has 0 radical (unpaired) electrons. The quantitative estimate of drug-likeness (QED) is 0.179. The first-order valence-corrected chi connectivity index (χ1v) is 17.2. The molecule has 50 heavy (non-hydrogen) atoms. The molecule has 0 saturated carbocycles. The van der Waals surface area contributed by atoms with Gasteiger partial charge in [-0.1, -0.05) is 76.2 Å². The number of piperazine rings is 1. The first-order valence-electron chi connectivity index (χ1n) is 17.2. The van der Waals surface area contributed by atoms with E-state index in [1.165, 1.54) is 7.11 Å². The Morgan fingerprint density at radius 3 is 2.16 bits per heavy atom. The number of carbonyl (C=O) groups is 4. The number of carbonyl (C=O) groups excluding carboxylic acids is 4. The van der Waals surface area contributed by atoms with Crippen LogP contribution in [-0.2, 0) is 25.7 Å². The van der Waals surface area contributed by atoms with Gasteiger partial charge in [0.05, 0.1) is 31.6 Å². The van der Waals surface area contributed by atoms with Crippen molar-refractivity contribution in [2.75, 3.05) is 20.2 Å². The van der Waals surface area contributed by atoms with Crippen molar-refractivity contribution in [1.29, 1.82) is 0 Å². The molecule has 2 aromatic heterocycles. The number of benzene rings is 2. The van der Waals surface area contributed by atoms with Gasteiger partial charge in [-0.25, -0.2) is 9.78 Å². The maximum atomic E-state index is 13.5. The minimum atomic E-state index is -0.656. The predicted octanol–water partition coefficient (Wildman–Crippen LogP) is 5.27. The van der Waals surface area contributed by atoms with Crippen LogP contribution in [0, 0.1) is 11.8 Å². The summed E-state index contributed by atoms with van der Waals surface area (Å²) < 4.78 is 4.75. The Bertz CT molecular complexity index is 1840. The fourth-order valence-corrected chi connectivity index (χ4v) is 6.78. The summed E-state index contributed by atoms with van der Waals surface area (Å²) in [4.78, 5) is 65.2. The number of likely N-dealkylation sites (tertiary alicyclic amines) is 1. The summed E-state index contributed by atoms with van der Waals surface area (Å²) in [6.45, 7) is 8.56. The molecular formula is C38H45N7O5. The zero-order valence-corrected chi connectivity index (χ0v) is 29.2. The number of imidazole rings is 1. The summed E-state index contributed by atoms with van der Waals surface area (Å²) >= 11 is 0. The Labute approximate surface area is 292 Å². The molecule has 0 aliphatic carbocycles. The van der Waals surface area contributed by atoms with Crippen molar-refractivity contribution >= 4 is 23.8 Å². The molecule has 2 aliphatic rings. The van der Waals surface area contributed by atoms with E-state index < -0.39 is 18.2 Å². The van der Waals surface area contributed by atoms with Crippen LogP contribution in [-0.4, -0.2) is 80.8 Å². The van der Waals surface area contributed by atoms with Gasteiger partial charge in [-0.2, -0.15) is 0 Å². The van der Waals surface area contributed by atoms with E-state index in [4.69, 9.17) is 4.74 Å². The van der Waals surface area contributed by atoms with E-state index in [1.807, 2.05) is 56.9 Å². The number of rotatable bonds is 10. The van der Waals surface area contributed by atoms with E-state index in [0.717, 1.165) is 52.2 Å². The topological polar surface area (TPSA) is 153 Å². The maximum absolute atomic E-state index is 13.5. The molecule has 0 spiro atoms. The third-order valence-electron chi connectivity index (χ3n) is 9.58. The lowest BCUT2D eigenvalue weighted by atomic mass is 10.0. The van der Waals surface area contributed by atoms with Crippen molar-refractivity contribution in [3.05, 3.63) is 78.4 Å². The van der Waals surface area contributed by atoms with E-state index in [9.17, 15) is 19.2 Å². The molecule has 6 rings (SSSR count). The van der Waals surface area contributed by atoms with Crippen LogP contribution in [0.5, 0.6) is 0 Å². The standard InChI is InChI=1S/C38H45N7O5/c1-22(2)34-36(47)44(21-33(46)42-34)20-32-39-19-30(41-32)27-14-10-25(11-15-27)24-8-12-26(13-9-24)28-16-17-29(40-28)31-7-6-18-45(31)37(48)35(23(3)4)43-38(49)50-5/h8-17,19,22-23,31,34-35,40H,6-7,18,20-21H2,1-5H3,(H,39,41)(H,42,46)(H,43,49)/t31-,34-,35-/m0/s1. The van der Waals surface area contributed by atoms with Crippen molar-refractivity contribution < 1.29 is 23.9 Å². The number of H-pyrrole nitrogens is 2. The van der Waals surface area contributed by atoms with E-state index in [-0.39, 0.29) is 48.7 Å². The van der Waals surface area contributed by atoms with Crippen molar-refractivity contribution in [1.82, 2.24) is 35.4 Å². The summed E-state index contributed by atoms with van der Waals surface area (Å²) in [6.07, 6.45) is 2.88. The number of methoxy groups -OCH3 is 1. The predicted molar refractivity (Wildman–Crippen MR) is 189 cm³/mol. The Kier molecular flexibility index (Phi) is 10.1. The maximum Gasteiger partial charge on any atom is 0.407 e. The van der Waals surface area contributed by atoms with Crippen LogP contribution >= 0.6 is 0 Å². The van der Waals surface area contributed by atoms with Gasteiger partial charge in [0.1, 0.15) is 24.5 Å². The Balaban J connectivity index is 1.10. The third kappa shape index (κ3) is 7.29. The minimum absolute atomic E-state index is 0.00642. The first kappa shape index (κ1) is 34.5. The number of hydrogen-bond donors (Lipinski definition) is 4. The second-order valence-electron chi connectivity index (χ2n) is 13.8. The van der Waals surface area contributed by atoms with Gasteiger partial charge in [-0.3, -0.25) is 14.4 Å². The van der Waals surface area contributed by atoms with Crippen molar-refractivity contribution in [2.45, 2.75) is 65.2 Å². The van der Waals surface area contributed by atoms with Crippen LogP contribution < -0.4 is 10.6 Å². The molecule has 4 amide bonds. The Morgan fingerprint density at radius 1 is 0.900 bits per heavy atom. The molecule has 4 N–H and O–H groups in total. The average molecular weight is 680 g/mol. The second-order valence-corrected chi connectivity index (χ2v) is 13.8. The highest BCUT2D eigenvalue weighted by Gasteiger charge is 2.37. The highest BCUT2D eigenvalue weighted by atomic mass is 16.5. The number of nitrogens with one attached hydrogen (secondary N) is 4. The molecule has 262 valence electrons. The van der Waals surface area contributed by atoms with Crippen molar-refractivity contribution in [3.8, 4) is 33.6 Å². The van der Waals surface area contributed by atoms with Gasteiger partial charge in [0, 0.05) is 17.9 Å². The molecule has 2 saturated heterocycles. The molecule has 12 heteroatoms. The Hall–Kier alpha value is -5.39. The molecule has 3 atom stereocenters. The largest absolute Gasteiger partial charge is 0.453 e. The molecule has 2 fully saturated rings. The molecule has 0 bridgehead atoms. The second kappa shape index (κ2) is 14.6. The van der Waals surface area contributed by atoms with Crippen LogP contribution in [0.3, 0.4) is 0 Å². The van der Waals surface area contributed by atoms with Crippen LogP contribution in [0.1, 0.15) is 58.1 Å². The molecule has 4 heterocycles. The molecule has 0 unspecified atom stereocenters. The van der Waals surface area contributed by atoms with E-state index in [0.29, 0.717) is 12.4 Å². The number of nitrogens with zero attached hydrogens (tertiary/aromatic N) is 3. The van der Waals surface area contributed by atoms with Crippen LogP contribution in [0.15, 0.2) is 66.9 Å². The fourth-order valence-electron chi connectivity index (χ4n) is 6.78. The number of alkyl carbamates (subject to hydrolysis) is 1. The molecule has 2 aromatic carbocycles. The van der Waals surface area contributed by atoms with E-state index in [1.54, 1.807) is 11.1 Å². The molecule has 2 aliphatic heterocycles. The van der Waals surface area contributed by atoms with Crippen LogP contribution in [0.25, 0.3) is 33.6 Å². The van der Waals surface area contributed by atoms with Gasteiger partial charge < -0.3 is 35.1 Å². The minimum Gasteiger partial charge on any atom is -0.453 e. The zero-order chi connectivity index (χ0) is 35.5. The van der Waals surface area contributed by atoms with Gasteiger partial charge in [0.15, 0.2) is 0 Å². The number of aromatic amines is 2. The smallest absolute Gasteiger partial charge is 0.407 e. The number of ether oxygens (including phenoxy) is 1. The summed E-state index contributed by atoms with van der Waals surface area (Å²) in [7, 11) is 1.30. The third-order valence-corrected chi connectivity index (χ3v) is 9.58. The number of hydrogen-bond acceptors (Lipinski definition) is 6. The SMILES string of the molecule is COC(=O)N[C@H](C(=O)N1CCC[C@H]1c1ccc(-c2ccc(-c3ccc(-c4cnc(CN5CC(=O)N[C@@H](C(C)C)C5=O)[nH]4)cc3)cc2)[nH]1)C(C)C. The normalized spacial score (nSPS) is 18.5. The van der Waals surface area contributed by atoms with Gasteiger partial charge in [-0.05, 0) is 59.1 Å². The monoisotopic (exact) mass is 679 g/mol. The summed E-state index contributed by atoms with van der Waals surface area (Å²) in [6, 6.07) is 19.4. The van der Waals surface area contributed by atoms with Gasteiger partial charge >= 0.3 is 6.09 Å². The van der Waals surface area contributed by atoms with Gasteiger partial charge in [0.25, 0.3) is 0 Å². The summed E-state index contributed by atoms with van der Waals surface area (Å²) in [5, 5.41) is 5.49. The van der Waals surface area contributed by atoms with Gasteiger partial charge in [-0.15, -0.1) is 0 Å². The molecule has 4 aromatic rings. The van der Waals surface area contributed by atoms with Gasteiger partial charge in [0.2, 0.25) is 17.7 Å². The molecule has 12 nitrogen and oxygen atoms in total. The van der Waals surface area contributed by atoms with Crippen molar-refractivity contribution in [3.63, 3.8) is 0 Å². The summed E-state index contributed by atoms with van der Waals surface area (Å²) in [5.41, 5.74) is 6.92. The zero-order valence-electron chi connectivity index (χ0n) is 29.2. The molecular weight excluding hydrogens is 634 g/mol. The highest BCUT2D eigenvalue weighted by Crippen LogP contribution is 2.34. The average Bonchev–Trinajstić information content (AvgIpc) is 3.90. The number of aromatic nitrogens is 3. The van der Waals surface area contributed by atoms with Crippen molar-refractivity contribution in [2.24, 2.45) is 11.8 Å². The highest BCUT2D eigenvalue weighted by molar-refractivity contribution is 5.95. The van der Waals surface area contributed by atoms with E-state index >= 15 is 0 Å². The summed E-state index contributed by atoms with van der Waals surface area (Å²) in [5.74, 6) is 0.197. The van der Waals surface area contributed by atoms with Crippen LogP contribution in [0.4, 0.5) is 4.79 Å². The first-order chi connectivity index (χ1) is 24.0.